The van der Waals surface area contributed by atoms with E-state index in [2.05, 4.69) is 12.2 Å². The number of hydrogen-bond acceptors (Lipinski definition) is 3. The van der Waals surface area contributed by atoms with Crippen LogP contribution in [0.25, 0.3) is 0 Å². The van der Waals surface area contributed by atoms with E-state index in [0.29, 0.717) is 32.5 Å². The second kappa shape index (κ2) is 9.29. The van der Waals surface area contributed by atoms with Crippen molar-refractivity contribution in [3.63, 3.8) is 0 Å². The Labute approximate surface area is 195 Å². The predicted molar refractivity (Wildman–Crippen MR) is 123 cm³/mol. The monoisotopic (exact) mass is 477 g/mol. The van der Waals surface area contributed by atoms with Crippen LogP contribution in [0.2, 0.25) is 0 Å². The molecule has 0 unspecified atom stereocenters. The molecule has 0 bridgehead atoms. The first-order chi connectivity index (χ1) is 15.7. The van der Waals surface area contributed by atoms with E-state index < -0.39 is 16.6 Å². The van der Waals surface area contributed by atoms with Crippen molar-refractivity contribution in [1.29, 1.82) is 0 Å². The molecular formula is C24H26F3N3O2S. The fraction of sp³-hybridized carbons (Fsp3) is 0.417. The molecule has 2 heterocycles. The maximum absolute atomic E-state index is 13.1. The summed E-state index contributed by atoms with van der Waals surface area (Å²) in [5.74, 6) is 0.505. The Bertz CT molecular complexity index is 1000. The van der Waals surface area contributed by atoms with Crippen molar-refractivity contribution in [3.05, 3.63) is 65.2 Å². The van der Waals surface area contributed by atoms with Gasteiger partial charge in [0.1, 0.15) is 0 Å². The fourth-order valence-corrected chi connectivity index (χ4v) is 5.81. The van der Waals surface area contributed by atoms with Crippen LogP contribution in [0.15, 0.2) is 48.5 Å². The number of amides is 3. The molecule has 33 heavy (non-hydrogen) atoms. The minimum Gasteiger partial charge on any atom is -0.324 e. The van der Waals surface area contributed by atoms with Gasteiger partial charge in [0.15, 0.2) is 0 Å². The van der Waals surface area contributed by atoms with Crippen LogP contribution >= 0.6 is 11.8 Å². The van der Waals surface area contributed by atoms with Crippen LogP contribution in [0.1, 0.15) is 41.3 Å². The first kappa shape index (κ1) is 23.5. The Balaban J connectivity index is 1.39. The fourth-order valence-electron chi connectivity index (χ4n) is 4.35. The maximum Gasteiger partial charge on any atom is 0.416 e. The smallest absolute Gasteiger partial charge is 0.324 e. The number of nitrogens with zero attached hydrogens (tertiary/aromatic N) is 2. The number of nitrogens with one attached hydrogen (secondary N) is 1. The summed E-state index contributed by atoms with van der Waals surface area (Å²) >= 11 is 1.69. The van der Waals surface area contributed by atoms with E-state index in [0.717, 1.165) is 30.0 Å². The van der Waals surface area contributed by atoms with E-state index in [1.807, 2.05) is 24.3 Å². The molecule has 1 N–H and O–H groups in total. The predicted octanol–water partition coefficient (Wildman–Crippen LogP) is 5.48. The van der Waals surface area contributed by atoms with E-state index >= 15 is 0 Å². The van der Waals surface area contributed by atoms with E-state index in [1.165, 1.54) is 17.7 Å². The van der Waals surface area contributed by atoms with E-state index in [-0.39, 0.29) is 17.5 Å². The number of carbonyl (C=O) groups excluding carboxylic acids is 2. The number of piperidine rings is 1. The molecule has 0 aliphatic carbocycles. The zero-order valence-electron chi connectivity index (χ0n) is 18.3. The van der Waals surface area contributed by atoms with Gasteiger partial charge in [-0.15, -0.1) is 11.8 Å². The lowest BCUT2D eigenvalue weighted by molar-refractivity contribution is -0.137. The molecule has 2 aromatic rings. The number of likely N-dealkylation sites (tertiary alicyclic amines) is 1. The molecule has 0 aromatic heterocycles. The number of urea groups is 1. The van der Waals surface area contributed by atoms with Crippen molar-refractivity contribution in [1.82, 2.24) is 9.80 Å². The van der Waals surface area contributed by atoms with E-state index in [4.69, 9.17) is 0 Å². The number of benzene rings is 2. The molecule has 4 rings (SSSR count). The molecule has 2 saturated heterocycles. The number of alkyl halides is 3. The highest BCUT2D eigenvalue weighted by molar-refractivity contribution is 8.00. The van der Waals surface area contributed by atoms with E-state index in [1.54, 1.807) is 21.6 Å². The molecule has 5 nitrogen and oxygen atoms in total. The normalized spacial score (nSPS) is 17.9. The summed E-state index contributed by atoms with van der Waals surface area (Å²) in [6.45, 7) is 3.62. The van der Waals surface area contributed by atoms with Gasteiger partial charge in [0.25, 0.3) is 5.91 Å². The number of carbonyl (C=O) groups is 2. The van der Waals surface area contributed by atoms with Crippen LogP contribution in [0.3, 0.4) is 0 Å². The lowest BCUT2D eigenvalue weighted by Crippen LogP contribution is -2.54. The number of hydrogen-bond donors (Lipinski definition) is 1. The largest absolute Gasteiger partial charge is 0.416 e. The molecular weight excluding hydrogens is 451 g/mol. The summed E-state index contributed by atoms with van der Waals surface area (Å²) in [5, 5.41) is 2.93. The van der Waals surface area contributed by atoms with Gasteiger partial charge < -0.3 is 15.1 Å². The quantitative estimate of drug-likeness (QED) is 0.637. The van der Waals surface area contributed by atoms with Gasteiger partial charge in [-0.1, -0.05) is 19.1 Å². The zero-order chi connectivity index (χ0) is 23.6. The van der Waals surface area contributed by atoms with Gasteiger partial charge in [-0.2, -0.15) is 13.2 Å². The van der Waals surface area contributed by atoms with Crippen LogP contribution < -0.4 is 5.32 Å². The Hall–Kier alpha value is -2.68. The number of rotatable bonds is 3. The second-order valence-corrected chi connectivity index (χ2v) is 9.75. The van der Waals surface area contributed by atoms with Crippen molar-refractivity contribution >= 4 is 29.4 Å². The number of thioether (sulfide) groups is 1. The van der Waals surface area contributed by atoms with Gasteiger partial charge in [0, 0.05) is 36.6 Å². The molecule has 3 amide bonds. The summed E-state index contributed by atoms with van der Waals surface area (Å²) in [6, 6.07) is 12.0. The molecule has 0 atom stereocenters. The van der Waals surface area contributed by atoms with Crippen LogP contribution in [0.5, 0.6) is 0 Å². The third-order valence-corrected chi connectivity index (χ3v) is 7.88. The standard InChI is InChI=1S/C24H26F3N3O2S/c1-2-17-3-9-20(10-4-17)28-22(32)29-13-11-23(12-14-29)30(15-16-33-23)21(31)18-5-7-19(8-6-18)24(25,26)27/h3-10H,2,11-16H2,1H3,(H,28,32). The topological polar surface area (TPSA) is 52.7 Å². The number of aryl methyl sites for hydroxylation is 1. The minimum absolute atomic E-state index is 0.169. The molecule has 2 aliphatic rings. The third kappa shape index (κ3) is 4.98. The lowest BCUT2D eigenvalue weighted by Gasteiger charge is -2.44. The number of halogens is 3. The molecule has 176 valence electrons. The number of anilines is 1. The summed E-state index contributed by atoms with van der Waals surface area (Å²) < 4.78 is 38.5. The Morgan fingerprint density at radius 1 is 1.00 bits per heavy atom. The zero-order valence-corrected chi connectivity index (χ0v) is 19.1. The van der Waals surface area contributed by atoms with Gasteiger partial charge in [0.05, 0.1) is 10.4 Å². The molecule has 2 fully saturated rings. The summed E-state index contributed by atoms with van der Waals surface area (Å²) in [7, 11) is 0. The van der Waals surface area contributed by atoms with Crippen LogP contribution in [0, 0.1) is 0 Å². The van der Waals surface area contributed by atoms with Gasteiger partial charge in [0.2, 0.25) is 0 Å². The van der Waals surface area contributed by atoms with Crippen molar-refractivity contribution in [2.75, 3.05) is 30.7 Å². The average Bonchev–Trinajstić information content (AvgIpc) is 3.21. The van der Waals surface area contributed by atoms with Crippen molar-refractivity contribution in [2.45, 2.75) is 37.2 Å². The Morgan fingerprint density at radius 3 is 2.21 bits per heavy atom. The van der Waals surface area contributed by atoms with Crippen molar-refractivity contribution < 1.29 is 22.8 Å². The SMILES string of the molecule is CCc1ccc(NC(=O)N2CCC3(CC2)SCCN3C(=O)c2ccc(C(F)(F)F)cc2)cc1. The third-order valence-electron chi connectivity index (χ3n) is 6.33. The lowest BCUT2D eigenvalue weighted by atomic mass is 10.0. The molecule has 0 radical (unpaired) electrons. The highest BCUT2D eigenvalue weighted by Gasteiger charge is 2.47. The molecule has 2 aliphatic heterocycles. The van der Waals surface area contributed by atoms with Crippen LogP contribution in [0.4, 0.5) is 23.7 Å². The Morgan fingerprint density at radius 2 is 1.64 bits per heavy atom. The maximum atomic E-state index is 13.1. The second-order valence-electron chi connectivity index (χ2n) is 8.29. The van der Waals surface area contributed by atoms with Crippen molar-refractivity contribution in [3.8, 4) is 0 Å². The van der Waals surface area contributed by atoms with Crippen LogP contribution in [-0.4, -0.2) is 52.0 Å². The van der Waals surface area contributed by atoms with E-state index in [9.17, 15) is 22.8 Å². The summed E-state index contributed by atoms with van der Waals surface area (Å²) in [5.41, 5.74) is 1.42. The van der Waals surface area contributed by atoms with Crippen LogP contribution in [-0.2, 0) is 12.6 Å². The summed E-state index contributed by atoms with van der Waals surface area (Å²) in [4.78, 5) is 28.9. The molecule has 1 spiro atoms. The summed E-state index contributed by atoms with van der Waals surface area (Å²) in [6.07, 6.45) is -2.27. The van der Waals surface area contributed by atoms with Gasteiger partial charge in [-0.05, 0) is 61.2 Å². The first-order valence-electron chi connectivity index (χ1n) is 11.0. The highest BCUT2D eigenvalue weighted by atomic mass is 32.2. The van der Waals surface area contributed by atoms with Gasteiger partial charge in [-0.3, -0.25) is 4.79 Å². The molecule has 2 aromatic carbocycles. The highest BCUT2D eigenvalue weighted by Crippen LogP contribution is 2.44. The minimum atomic E-state index is -4.43. The van der Waals surface area contributed by atoms with Crippen molar-refractivity contribution in [2.24, 2.45) is 0 Å². The molecule has 9 heteroatoms. The first-order valence-corrected chi connectivity index (χ1v) is 12.0. The van der Waals surface area contributed by atoms with Gasteiger partial charge in [-0.25, -0.2) is 4.79 Å². The molecule has 0 saturated carbocycles. The average molecular weight is 478 g/mol. The van der Waals surface area contributed by atoms with Gasteiger partial charge >= 0.3 is 12.2 Å². The Kier molecular flexibility index (Phi) is 6.61.